The summed E-state index contributed by atoms with van der Waals surface area (Å²) in [6.45, 7) is 6.60. The van der Waals surface area contributed by atoms with Crippen LogP contribution in [0.15, 0.2) is 18.2 Å². The lowest BCUT2D eigenvalue weighted by Gasteiger charge is -2.31. The van der Waals surface area contributed by atoms with Crippen molar-refractivity contribution in [1.82, 2.24) is 5.32 Å². The third kappa shape index (κ3) is 2.86. The Morgan fingerprint density at radius 3 is 2.56 bits per heavy atom. The van der Waals surface area contributed by atoms with Crippen LogP contribution in [0.2, 0.25) is 0 Å². The highest BCUT2D eigenvalue weighted by Crippen LogP contribution is 2.30. The lowest BCUT2D eigenvalue weighted by atomic mass is 10.1. The molecule has 100 valence electrons. The molecule has 0 heterocycles. The Morgan fingerprint density at radius 2 is 2.00 bits per heavy atom. The first-order valence-electron chi connectivity index (χ1n) is 7.27. The predicted octanol–water partition coefficient (Wildman–Crippen LogP) is 3.48. The number of nitrogens with one attached hydrogen (secondary N) is 1. The number of nitrogens with zero attached hydrogens (tertiary/aromatic N) is 1. The molecule has 0 atom stereocenters. The normalized spacial score (nSPS) is 16.2. The van der Waals surface area contributed by atoms with Gasteiger partial charge in [0.2, 0.25) is 0 Å². The van der Waals surface area contributed by atoms with Gasteiger partial charge in [-0.15, -0.1) is 0 Å². The SMILES string of the molecule is CCN(c1ccc(CNC)cc1C)C1CCCC1. The molecule has 2 nitrogen and oxygen atoms in total. The van der Waals surface area contributed by atoms with E-state index in [1.165, 1.54) is 42.5 Å². The minimum Gasteiger partial charge on any atom is -0.369 e. The van der Waals surface area contributed by atoms with Gasteiger partial charge in [0.15, 0.2) is 0 Å². The van der Waals surface area contributed by atoms with E-state index >= 15 is 0 Å². The summed E-state index contributed by atoms with van der Waals surface area (Å²) in [7, 11) is 2.00. The van der Waals surface area contributed by atoms with Gasteiger partial charge in [-0.2, -0.15) is 0 Å². The number of hydrogen-bond acceptors (Lipinski definition) is 2. The van der Waals surface area contributed by atoms with Crippen LogP contribution < -0.4 is 10.2 Å². The molecule has 0 saturated heterocycles. The molecule has 0 aliphatic heterocycles. The summed E-state index contributed by atoms with van der Waals surface area (Å²) in [5.74, 6) is 0. The van der Waals surface area contributed by atoms with Crippen molar-refractivity contribution in [2.24, 2.45) is 0 Å². The van der Waals surface area contributed by atoms with Crippen LogP contribution >= 0.6 is 0 Å². The number of aryl methyl sites for hydroxylation is 1. The molecule has 1 saturated carbocycles. The van der Waals surface area contributed by atoms with Crippen LogP contribution in [0.3, 0.4) is 0 Å². The Kier molecular flexibility index (Phi) is 4.65. The fourth-order valence-electron chi connectivity index (χ4n) is 3.20. The summed E-state index contributed by atoms with van der Waals surface area (Å²) in [6, 6.07) is 7.66. The number of hydrogen-bond donors (Lipinski definition) is 1. The van der Waals surface area contributed by atoms with Crippen molar-refractivity contribution in [3.8, 4) is 0 Å². The summed E-state index contributed by atoms with van der Waals surface area (Å²) in [6.07, 6.45) is 5.53. The zero-order chi connectivity index (χ0) is 13.0. The zero-order valence-electron chi connectivity index (χ0n) is 12.0. The average Bonchev–Trinajstić information content (AvgIpc) is 2.87. The maximum atomic E-state index is 3.22. The highest BCUT2D eigenvalue weighted by molar-refractivity contribution is 5.55. The maximum Gasteiger partial charge on any atom is 0.0398 e. The number of rotatable bonds is 5. The molecule has 18 heavy (non-hydrogen) atoms. The van der Waals surface area contributed by atoms with Gasteiger partial charge in [-0.1, -0.05) is 25.0 Å². The Bertz CT molecular complexity index is 381. The molecule has 0 aromatic heterocycles. The van der Waals surface area contributed by atoms with E-state index in [4.69, 9.17) is 0 Å². The molecule has 1 aliphatic carbocycles. The summed E-state index contributed by atoms with van der Waals surface area (Å²) >= 11 is 0. The molecule has 1 aliphatic rings. The van der Waals surface area contributed by atoms with Gasteiger partial charge in [0.1, 0.15) is 0 Å². The van der Waals surface area contributed by atoms with Crippen LogP contribution in [0.25, 0.3) is 0 Å². The summed E-state index contributed by atoms with van der Waals surface area (Å²) in [4.78, 5) is 2.60. The maximum absolute atomic E-state index is 3.22. The van der Waals surface area contributed by atoms with E-state index in [2.05, 4.69) is 42.3 Å². The van der Waals surface area contributed by atoms with Crippen LogP contribution in [0.1, 0.15) is 43.7 Å². The lowest BCUT2D eigenvalue weighted by Crippen LogP contribution is -2.33. The van der Waals surface area contributed by atoms with E-state index in [1.807, 2.05) is 7.05 Å². The molecule has 0 unspecified atom stereocenters. The van der Waals surface area contributed by atoms with Gasteiger partial charge >= 0.3 is 0 Å². The van der Waals surface area contributed by atoms with Gasteiger partial charge in [0, 0.05) is 24.8 Å². The van der Waals surface area contributed by atoms with E-state index < -0.39 is 0 Å². The molecule has 0 radical (unpaired) electrons. The first-order valence-corrected chi connectivity index (χ1v) is 7.27. The van der Waals surface area contributed by atoms with Crippen molar-refractivity contribution in [2.45, 2.75) is 52.1 Å². The minimum atomic E-state index is 0.767. The van der Waals surface area contributed by atoms with Gasteiger partial charge in [0.05, 0.1) is 0 Å². The smallest absolute Gasteiger partial charge is 0.0398 e. The number of benzene rings is 1. The van der Waals surface area contributed by atoms with E-state index in [-0.39, 0.29) is 0 Å². The van der Waals surface area contributed by atoms with Crippen LogP contribution in [0, 0.1) is 6.92 Å². The molecule has 2 heteroatoms. The summed E-state index contributed by atoms with van der Waals surface area (Å²) in [5.41, 5.74) is 4.22. The third-order valence-electron chi connectivity index (χ3n) is 4.06. The van der Waals surface area contributed by atoms with Gasteiger partial charge in [-0.3, -0.25) is 0 Å². The van der Waals surface area contributed by atoms with Crippen LogP contribution in [0.4, 0.5) is 5.69 Å². The number of anilines is 1. The van der Waals surface area contributed by atoms with Crippen LogP contribution in [0.5, 0.6) is 0 Å². The Hall–Kier alpha value is -1.02. The Morgan fingerprint density at radius 1 is 1.28 bits per heavy atom. The quantitative estimate of drug-likeness (QED) is 0.855. The lowest BCUT2D eigenvalue weighted by molar-refractivity contribution is 0.618. The Balaban J connectivity index is 2.19. The molecule has 1 fully saturated rings. The molecule has 0 bridgehead atoms. The van der Waals surface area contributed by atoms with Gasteiger partial charge in [-0.25, -0.2) is 0 Å². The van der Waals surface area contributed by atoms with Gasteiger partial charge < -0.3 is 10.2 Å². The summed E-state index contributed by atoms with van der Waals surface area (Å²) < 4.78 is 0. The molecule has 1 aromatic rings. The molecule has 0 amide bonds. The van der Waals surface area contributed by atoms with Crippen molar-refractivity contribution in [1.29, 1.82) is 0 Å². The van der Waals surface area contributed by atoms with Crippen LogP contribution in [-0.4, -0.2) is 19.6 Å². The Labute approximate surface area is 111 Å². The second-order valence-corrected chi connectivity index (χ2v) is 5.38. The zero-order valence-corrected chi connectivity index (χ0v) is 12.0. The van der Waals surface area contributed by atoms with Crippen molar-refractivity contribution in [3.63, 3.8) is 0 Å². The van der Waals surface area contributed by atoms with Crippen LogP contribution in [-0.2, 0) is 6.54 Å². The van der Waals surface area contributed by atoms with E-state index in [0.29, 0.717) is 0 Å². The second kappa shape index (κ2) is 6.24. The monoisotopic (exact) mass is 246 g/mol. The molecule has 1 aromatic carbocycles. The first kappa shape index (κ1) is 13.4. The third-order valence-corrected chi connectivity index (χ3v) is 4.06. The predicted molar refractivity (Wildman–Crippen MR) is 79.2 cm³/mol. The molecular weight excluding hydrogens is 220 g/mol. The van der Waals surface area contributed by atoms with Crippen molar-refractivity contribution < 1.29 is 0 Å². The average molecular weight is 246 g/mol. The highest BCUT2D eigenvalue weighted by atomic mass is 15.2. The highest BCUT2D eigenvalue weighted by Gasteiger charge is 2.22. The second-order valence-electron chi connectivity index (χ2n) is 5.38. The molecule has 0 spiro atoms. The van der Waals surface area contributed by atoms with Gasteiger partial charge in [0.25, 0.3) is 0 Å². The molecular formula is C16H26N2. The largest absolute Gasteiger partial charge is 0.369 e. The standard InChI is InChI=1S/C16H26N2/c1-4-18(15-7-5-6-8-15)16-10-9-14(12-17-3)11-13(16)2/h9-11,15,17H,4-8,12H2,1-3H3. The molecule has 2 rings (SSSR count). The topological polar surface area (TPSA) is 15.3 Å². The van der Waals surface area contributed by atoms with Crippen molar-refractivity contribution >= 4 is 5.69 Å². The van der Waals surface area contributed by atoms with Crippen molar-refractivity contribution in [3.05, 3.63) is 29.3 Å². The minimum absolute atomic E-state index is 0.767. The first-order chi connectivity index (χ1) is 8.76. The van der Waals surface area contributed by atoms with E-state index in [1.54, 1.807) is 0 Å². The van der Waals surface area contributed by atoms with E-state index in [9.17, 15) is 0 Å². The fourth-order valence-corrected chi connectivity index (χ4v) is 3.20. The van der Waals surface area contributed by atoms with E-state index in [0.717, 1.165) is 19.1 Å². The molecule has 1 N–H and O–H groups in total. The van der Waals surface area contributed by atoms with Crippen molar-refractivity contribution in [2.75, 3.05) is 18.5 Å². The fraction of sp³-hybridized carbons (Fsp3) is 0.625. The van der Waals surface area contributed by atoms with Gasteiger partial charge in [-0.05, 0) is 50.9 Å². The summed E-state index contributed by atoms with van der Waals surface area (Å²) in [5, 5.41) is 3.22.